The first kappa shape index (κ1) is 17.8. The molecule has 0 saturated carbocycles. The lowest BCUT2D eigenvalue weighted by Crippen LogP contribution is -2.53. The van der Waals surface area contributed by atoms with Crippen molar-refractivity contribution in [2.45, 2.75) is 25.5 Å². The molecule has 2 unspecified atom stereocenters. The number of aliphatic carboxylic acids is 1. The van der Waals surface area contributed by atoms with Gasteiger partial charge in [-0.05, 0) is 19.1 Å². The van der Waals surface area contributed by atoms with Gasteiger partial charge in [0.15, 0.2) is 6.10 Å². The number of hydrogen-bond acceptors (Lipinski definition) is 4. The Balaban J connectivity index is 2.04. The fourth-order valence-corrected chi connectivity index (χ4v) is 2.64. The van der Waals surface area contributed by atoms with E-state index in [0.29, 0.717) is 28.9 Å². The van der Waals surface area contributed by atoms with E-state index in [1.165, 1.54) is 11.0 Å². The van der Waals surface area contributed by atoms with E-state index in [9.17, 15) is 9.59 Å². The summed E-state index contributed by atoms with van der Waals surface area (Å²) in [4.78, 5) is 25.0. The summed E-state index contributed by atoms with van der Waals surface area (Å²) in [7, 11) is 0. The number of carbonyl (C=O) groups is 2. The molecule has 6 nitrogen and oxygen atoms in total. The van der Waals surface area contributed by atoms with Gasteiger partial charge in [0.2, 0.25) is 0 Å². The van der Waals surface area contributed by atoms with Crippen LogP contribution in [0.2, 0.25) is 10.0 Å². The summed E-state index contributed by atoms with van der Waals surface area (Å²) in [6.45, 7) is 2.53. The van der Waals surface area contributed by atoms with Gasteiger partial charge in [-0.1, -0.05) is 23.2 Å². The molecule has 8 heteroatoms. The zero-order valence-electron chi connectivity index (χ0n) is 12.5. The summed E-state index contributed by atoms with van der Waals surface area (Å²) < 4.78 is 10.9. The number of carbonyl (C=O) groups excluding carboxylic acids is 1. The molecule has 23 heavy (non-hydrogen) atoms. The third-order valence-electron chi connectivity index (χ3n) is 3.47. The highest BCUT2D eigenvalue weighted by atomic mass is 35.5. The van der Waals surface area contributed by atoms with Crippen LogP contribution < -0.4 is 4.74 Å². The maximum Gasteiger partial charge on any atom is 0.305 e. The van der Waals surface area contributed by atoms with E-state index in [4.69, 9.17) is 37.8 Å². The van der Waals surface area contributed by atoms with Gasteiger partial charge in [0.25, 0.3) is 5.91 Å². The van der Waals surface area contributed by atoms with Crippen LogP contribution in [0.4, 0.5) is 0 Å². The van der Waals surface area contributed by atoms with E-state index in [1.807, 2.05) is 0 Å². The van der Waals surface area contributed by atoms with E-state index < -0.39 is 18.1 Å². The number of nitrogens with zero attached hydrogens (tertiary/aromatic N) is 1. The summed E-state index contributed by atoms with van der Waals surface area (Å²) >= 11 is 11.8. The number of carboxylic acid groups (broad SMARTS) is 1. The molecule has 2 atom stereocenters. The van der Waals surface area contributed by atoms with E-state index >= 15 is 0 Å². The molecule has 1 aromatic carbocycles. The smallest absolute Gasteiger partial charge is 0.305 e. The Morgan fingerprint density at radius 2 is 2.17 bits per heavy atom. The van der Waals surface area contributed by atoms with Crippen LogP contribution in [-0.4, -0.2) is 53.8 Å². The van der Waals surface area contributed by atoms with Gasteiger partial charge in [0.1, 0.15) is 5.75 Å². The second-order valence-electron chi connectivity index (χ2n) is 5.19. The van der Waals surface area contributed by atoms with Crippen molar-refractivity contribution in [3.63, 3.8) is 0 Å². The lowest BCUT2D eigenvalue weighted by atomic mass is 10.1. The maximum absolute atomic E-state index is 12.5. The lowest BCUT2D eigenvalue weighted by Gasteiger charge is -2.36. The van der Waals surface area contributed by atoms with Gasteiger partial charge in [0.05, 0.1) is 35.7 Å². The van der Waals surface area contributed by atoms with Crippen molar-refractivity contribution in [1.82, 2.24) is 4.90 Å². The number of amides is 1. The Bertz CT molecular complexity index is 595. The van der Waals surface area contributed by atoms with Crippen molar-refractivity contribution in [3.8, 4) is 5.75 Å². The van der Waals surface area contributed by atoms with E-state index in [0.717, 1.165) is 0 Å². The SMILES string of the molecule is CC(Oc1ccc(Cl)c(Cl)c1)C(=O)N1CCOCC1CC(=O)O. The lowest BCUT2D eigenvalue weighted by molar-refractivity contribution is -0.150. The molecule has 126 valence electrons. The average Bonchev–Trinajstić information content (AvgIpc) is 2.50. The van der Waals surface area contributed by atoms with Gasteiger partial charge in [0, 0.05) is 12.6 Å². The van der Waals surface area contributed by atoms with Gasteiger partial charge in [-0.15, -0.1) is 0 Å². The van der Waals surface area contributed by atoms with Gasteiger partial charge in [-0.2, -0.15) is 0 Å². The van der Waals surface area contributed by atoms with E-state index in [-0.39, 0.29) is 18.9 Å². The van der Waals surface area contributed by atoms with Crippen molar-refractivity contribution in [2.24, 2.45) is 0 Å². The molecule has 0 radical (unpaired) electrons. The number of rotatable bonds is 5. The molecular weight excluding hydrogens is 345 g/mol. The largest absolute Gasteiger partial charge is 0.481 e. The zero-order chi connectivity index (χ0) is 17.0. The molecular formula is C15H17Cl2NO5. The van der Waals surface area contributed by atoms with Gasteiger partial charge >= 0.3 is 5.97 Å². The number of ether oxygens (including phenoxy) is 2. The minimum absolute atomic E-state index is 0.161. The summed E-state index contributed by atoms with van der Waals surface area (Å²) in [5, 5.41) is 9.67. The minimum atomic E-state index is -0.976. The van der Waals surface area contributed by atoms with E-state index in [2.05, 4.69) is 0 Å². The molecule has 1 fully saturated rings. The molecule has 0 bridgehead atoms. The number of halogens is 2. The first-order chi connectivity index (χ1) is 10.9. The third kappa shape index (κ3) is 4.73. The van der Waals surface area contributed by atoms with Crippen LogP contribution in [0.15, 0.2) is 18.2 Å². The van der Waals surface area contributed by atoms with Crippen molar-refractivity contribution >= 4 is 35.1 Å². The molecule has 1 N–H and O–H groups in total. The number of benzene rings is 1. The summed E-state index contributed by atoms with van der Waals surface area (Å²) in [6, 6.07) is 4.24. The second-order valence-corrected chi connectivity index (χ2v) is 6.01. The Labute approximate surface area is 143 Å². The number of morpholine rings is 1. The topological polar surface area (TPSA) is 76.1 Å². The highest BCUT2D eigenvalue weighted by molar-refractivity contribution is 6.42. The molecule has 1 aliphatic heterocycles. The Kier molecular flexibility index (Phi) is 6.10. The molecule has 0 aromatic heterocycles. The van der Waals surface area contributed by atoms with Crippen molar-refractivity contribution < 1.29 is 24.2 Å². The number of carboxylic acids is 1. The van der Waals surface area contributed by atoms with E-state index in [1.54, 1.807) is 19.1 Å². The normalized spacial score (nSPS) is 19.3. The fraction of sp³-hybridized carbons (Fsp3) is 0.467. The van der Waals surface area contributed by atoms with Crippen LogP contribution >= 0.6 is 23.2 Å². The quantitative estimate of drug-likeness (QED) is 0.871. The third-order valence-corrected chi connectivity index (χ3v) is 4.21. The Morgan fingerprint density at radius 3 is 2.83 bits per heavy atom. The van der Waals surface area contributed by atoms with Crippen LogP contribution in [-0.2, 0) is 14.3 Å². The molecule has 0 spiro atoms. The van der Waals surface area contributed by atoms with Crippen LogP contribution in [0.3, 0.4) is 0 Å². The second kappa shape index (κ2) is 7.86. The van der Waals surface area contributed by atoms with Crippen LogP contribution in [0, 0.1) is 0 Å². The fourth-order valence-electron chi connectivity index (χ4n) is 2.35. The zero-order valence-corrected chi connectivity index (χ0v) is 14.0. The molecule has 1 aromatic rings. The van der Waals surface area contributed by atoms with Crippen LogP contribution in [0.1, 0.15) is 13.3 Å². The molecule has 1 heterocycles. The highest BCUT2D eigenvalue weighted by Crippen LogP contribution is 2.27. The van der Waals surface area contributed by atoms with Crippen molar-refractivity contribution in [1.29, 1.82) is 0 Å². The van der Waals surface area contributed by atoms with Crippen molar-refractivity contribution in [3.05, 3.63) is 28.2 Å². The highest BCUT2D eigenvalue weighted by Gasteiger charge is 2.32. The Morgan fingerprint density at radius 1 is 1.43 bits per heavy atom. The molecule has 0 aliphatic carbocycles. The summed E-state index contributed by atoms with van der Waals surface area (Å²) in [6.07, 6.45) is -0.938. The first-order valence-corrected chi connectivity index (χ1v) is 7.86. The standard InChI is InChI=1S/C15H17Cl2NO5/c1-9(23-11-2-3-12(16)13(17)7-11)15(21)18-4-5-22-8-10(18)6-14(19)20/h2-3,7,9-10H,4-6,8H2,1H3,(H,19,20). The summed E-state index contributed by atoms with van der Waals surface area (Å²) in [5.41, 5.74) is 0. The van der Waals surface area contributed by atoms with Crippen molar-refractivity contribution in [2.75, 3.05) is 19.8 Å². The van der Waals surface area contributed by atoms with Gasteiger partial charge in [-0.25, -0.2) is 0 Å². The van der Waals surface area contributed by atoms with Gasteiger partial charge < -0.3 is 19.5 Å². The molecule has 1 saturated heterocycles. The maximum atomic E-state index is 12.5. The molecule has 1 aliphatic rings. The van der Waals surface area contributed by atoms with Crippen LogP contribution in [0.5, 0.6) is 5.75 Å². The summed E-state index contributed by atoms with van der Waals surface area (Å²) in [5.74, 6) is -0.842. The first-order valence-electron chi connectivity index (χ1n) is 7.10. The van der Waals surface area contributed by atoms with Gasteiger partial charge in [-0.3, -0.25) is 9.59 Å². The minimum Gasteiger partial charge on any atom is -0.481 e. The van der Waals surface area contributed by atoms with Crippen LogP contribution in [0.25, 0.3) is 0 Å². The molecule has 2 rings (SSSR count). The number of hydrogen-bond donors (Lipinski definition) is 1. The predicted molar refractivity (Wildman–Crippen MR) is 85.1 cm³/mol. The Hall–Kier alpha value is -1.50. The molecule has 1 amide bonds. The predicted octanol–water partition coefficient (Wildman–Crippen LogP) is 2.46. The monoisotopic (exact) mass is 361 g/mol. The average molecular weight is 362 g/mol.